The van der Waals surface area contributed by atoms with Crippen molar-refractivity contribution in [1.82, 2.24) is 5.32 Å². The van der Waals surface area contributed by atoms with Crippen molar-refractivity contribution < 1.29 is 0 Å². The van der Waals surface area contributed by atoms with Gasteiger partial charge in [-0.25, -0.2) is 0 Å². The second-order valence-electron chi connectivity index (χ2n) is 38.3. The van der Waals surface area contributed by atoms with Gasteiger partial charge in [0.1, 0.15) is 0 Å². The molecule has 19 nitrogen and oxygen atoms in total. The zero-order valence-corrected chi connectivity index (χ0v) is 76.7. The molecular formula is C88H207N19. The summed E-state index contributed by atoms with van der Waals surface area (Å²) in [6.07, 6.45) is 33.3. The van der Waals surface area contributed by atoms with Crippen LogP contribution in [0.3, 0.4) is 0 Å². The number of nitrogens with two attached hydrogens (primary N) is 17. The van der Waals surface area contributed by atoms with Crippen LogP contribution in [0.2, 0.25) is 0 Å². The molecule has 0 aromatic rings. The fraction of sp³-hybridized carbons (Fsp3) is 0.989. The number of nitrogens with zero attached hydrogens (tertiary/aromatic N) is 1. The second kappa shape index (κ2) is 77.2. The molecule has 14 atom stereocenters. The summed E-state index contributed by atoms with van der Waals surface area (Å²) in [5.74, 6) is 12.4. The number of guanidine groups is 1. The van der Waals surface area contributed by atoms with Gasteiger partial charge in [-0.2, -0.15) is 0 Å². The molecular weight excluding hydrogens is 1320 g/mol. The lowest BCUT2D eigenvalue weighted by Gasteiger charge is -2.26. The van der Waals surface area contributed by atoms with E-state index in [4.69, 9.17) is 97.5 Å². The summed E-state index contributed by atoms with van der Waals surface area (Å²) in [6, 6.07) is 3.36. The van der Waals surface area contributed by atoms with E-state index in [1.807, 2.05) is 0 Å². The maximum Gasteiger partial charge on any atom is 0.185 e. The van der Waals surface area contributed by atoms with Crippen LogP contribution in [-0.2, 0) is 0 Å². The minimum atomic E-state index is -0.0151. The molecule has 3 rings (SSSR count). The molecule has 2 saturated carbocycles. The van der Waals surface area contributed by atoms with Crippen molar-refractivity contribution in [3.63, 3.8) is 0 Å². The smallest absolute Gasteiger partial charge is 0.185 e. The monoisotopic (exact) mass is 1530 g/mol. The molecule has 0 radical (unpaired) electrons. The summed E-state index contributed by atoms with van der Waals surface area (Å²) in [4.78, 5) is 3.89. The summed E-state index contributed by atoms with van der Waals surface area (Å²) in [7, 11) is 0. The van der Waals surface area contributed by atoms with Gasteiger partial charge in [-0.15, -0.1) is 0 Å². The van der Waals surface area contributed by atoms with E-state index < -0.39 is 0 Å². The molecule has 35 N–H and O–H groups in total. The molecule has 0 spiro atoms. The molecule has 2 unspecified atom stereocenters. The lowest BCUT2D eigenvalue weighted by atomic mass is 9.85. The lowest BCUT2D eigenvalue weighted by molar-refractivity contribution is 0.335. The molecule has 1 aliphatic heterocycles. The number of hydrogen-bond donors (Lipinski definition) is 18. The van der Waals surface area contributed by atoms with Gasteiger partial charge < -0.3 is 103 Å². The summed E-state index contributed by atoms with van der Waals surface area (Å²) >= 11 is 0. The van der Waals surface area contributed by atoms with Crippen molar-refractivity contribution in [2.24, 2.45) is 197 Å². The van der Waals surface area contributed by atoms with Crippen molar-refractivity contribution >= 4 is 5.96 Å². The van der Waals surface area contributed by atoms with Crippen LogP contribution in [0.4, 0.5) is 0 Å². The first-order valence-electron chi connectivity index (χ1n) is 44.5. The van der Waals surface area contributed by atoms with Gasteiger partial charge in [0.05, 0.1) is 0 Å². The Balaban J connectivity index is -0.000000208. The third-order valence-electron chi connectivity index (χ3n) is 20.1. The second-order valence-corrected chi connectivity index (χ2v) is 38.3. The van der Waals surface area contributed by atoms with E-state index in [0.29, 0.717) is 103 Å². The Morgan fingerprint density at radius 1 is 0.374 bits per heavy atom. The number of rotatable bonds is 42. The van der Waals surface area contributed by atoms with Crippen LogP contribution in [0, 0.1) is 94.7 Å². The van der Waals surface area contributed by atoms with Crippen molar-refractivity contribution in [3.8, 4) is 0 Å². The Kier molecular flexibility index (Phi) is 85.8. The first-order chi connectivity index (χ1) is 49.6. The van der Waals surface area contributed by atoms with Gasteiger partial charge in [0, 0.05) is 79.5 Å². The SMILES string of the molecule is CC(C)C[C@@H](N)CCC(N)C(C)C.CC(C)C[C@@H](N)CCCN.CC(C)C[C@@H](N)CCCN=C(N)N.CC(C)C[C@@H](N)CN.CC(C)C[C@@H]1CC(C(C)(C)N)CN1.CC(C)C[C@H](N)CCCN.CC(C)C[C@H]1CC[C@@H](CN)C1.CC(C)C[C@H]1CC[C@H](CN)C1.CC(C)[C@@H](N)CCCN.CCC[C@H](N)CC(C)C. The first-order valence-corrected chi connectivity index (χ1v) is 44.5. The van der Waals surface area contributed by atoms with Crippen molar-refractivity contribution in [1.29, 1.82) is 0 Å². The standard InChI is InChI=1S/C11H24N2.C11H26N2.2C10H21N.C9H22N4.2C8H20N2.C8H19N.C7H18N2.C6H16N2/c1-8(2)5-10-6-9(7-13-10)11(3,4)12;1-8(2)7-10(12)5-6-11(13)9(3)4;2*1-8(2)5-9-3-4-10(6-9)7-11;1-7(2)6-8(10)4-3-5-13-9(11)12;2*1-7(2)6-8(10)4-3-5-9;1-4-5-8(9)6-7(2)3;1-6(2)7(9)4-3-5-8;1-5(2)3-6(8)4-7/h8-10,13H,5-7,12H2,1-4H3;8-11H,5-7,12-13H2,1-4H3;2*8-10H,3-7,11H2,1-2H3;7-8H,3-6,10H2,1-2H3,(H4,11,12,13);2*7-8H,3-6,9-10H2,1-2H3;7-8H,4-6,9H2,1-3H3;6-7H,3-5,8-9H2,1-2H3;5-6H,3-4,7-8H2,1-2H3/t9?,10-;10-,11?;9-,10+;9-,10-;4*8-;7-;6-/m1011010001/s1. The molecule has 3 fully saturated rings. The van der Waals surface area contributed by atoms with Crippen LogP contribution in [0.5, 0.6) is 0 Å². The Bertz CT molecular complexity index is 1740. The molecule has 0 amide bonds. The molecule has 19 heteroatoms. The summed E-state index contributed by atoms with van der Waals surface area (Å²) in [5.41, 5.74) is 95.5. The third kappa shape index (κ3) is 93.4. The van der Waals surface area contributed by atoms with E-state index in [1.165, 1.54) is 83.5 Å². The van der Waals surface area contributed by atoms with E-state index in [1.54, 1.807) is 0 Å². The number of nitrogens with one attached hydrogen (secondary N) is 1. The minimum absolute atomic E-state index is 0.0151. The van der Waals surface area contributed by atoms with E-state index in [0.717, 1.165) is 183 Å². The topological polar surface area (TPSA) is 467 Å². The Morgan fingerprint density at radius 3 is 0.944 bits per heavy atom. The number of hydrogen-bond acceptors (Lipinski definition) is 17. The van der Waals surface area contributed by atoms with Crippen molar-refractivity contribution in [3.05, 3.63) is 0 Å². The fourth-order valence-corrected chi connectivity index (χ4v) is 14.1. The van der Waals surface area contributed by atoms with Crippen LogP contribution in [0.15, 0.2) is 4.99 Å². The van der Waals surface area contributed by atoms with Crippen molar-refractivity contribution in [2.75, 3.05) is 52.4 Å². The van der Waals surface area contributed by atoms with Crippen molar-refractivity contribution in [2.45, 2.75) is 413 Å². The zero-order chi connectivity index (χ0) is 84.4. The fourth-order valence-electron chi connectivity index (χ4n) is 14.1. The van der Waals surface area contributed by atoms with Crippen LogP contribution in [0.25, 0.3) is 0 Å². The van der Waals surface area contributed by atoms with Crippen LogP contribution >= 0.6 is 0 Å². The molecule has 654 valence electrons. The average molecular weight is 1530 g/mol. The molecule has 1 heterocycles. The molecule has 3 aliphatic rings. The van der Waals surface area contributed by atoms with E-state index in [9.17, 15) is 0 Å². The number of aliphatic imine (C=N–C) groups is 1. The summed E-state index contributed by atoms with van der Waals surface area (Å²) in [5, 5.41) is 3.56. The Morgan fingerprint density at radius 2 is 0.682 bits per heavy atom. The van der Waals surface area contributed by atoms with Gasteiger partial charge in [0.15, 0.2) is 5.96 Å². The van der Waals surface area contributed by atoms with Gasteiger partial charge >= 0.3 is 0 Å². The van der Waals surface area contributed by atoms with Gasteiger partial charge in [-0.3, -0.25) is 4.99 Å². The van der Waals surface area contributed by atoms with E-state index in [2.05, 4.69) is 183 Å². The highest BCUT2D eigenvalue weighted by Gasteiger charge is 2.33. The first kappa shape index (κ1) is 119. The van der Waals surface area contributed by atoms with Crippen LogP contribution in [0.1, 0.15) is 353 Å². The normalized spacial score (nSPS) is 19.9. The van der Waals surface area contributed by atoms with Gasteiger partial charge in [0.2, 0.25) is 0 Å². The zero-order valence-electron chi connectivity index (χ0n) is 76.7. The maximum atomic E-state index is 6.09. The highest BCUT2D eigenvalue weighted by molar-refractivity contribution is 5.75. The largest absolute Gasteiger partial charge is 0.370 e. The average Bonchev–Trinajstić information content (AvgIpc) is 1.73. The summed E-state index contributed by atoms with van der Waals surface area (Å²) in [6.45, 7) is 61.7. The minimum Gasteiger partial charge on any atom is -0.370 e. The Labute approximate surface area is 670 Å². The quantitative estimate of drug-likeness (QED) is 0.0153. The molecule has 1 saturated heterocycles. The molecule has 107 heavy (non-hydrogen) atoms. The van der Waals surface area contributed by atoms with Gasteiger partial charge in [-0.05, 0) is 302 Å². The van der Waals surface area contributed by atoms with Crippen LogP contribution < -0.4 is 103 Å². The molecule has 0 bridgehead atoms. The van der Waals surface area contributed by atoms with E-state index in [-0.39, 0.29) is 23.6 Å². The Hall–Kier alpha value is -1.37. The van der Waals surface area contributed by atoms with Crippen LogP contribution in [-0.4, -0.2) is 118 Å². The third-order valence-corrected chi connectivity index (χ3v) is 20.1. The molecule has 0 aromatic heterocycles. The highest BCUT2D eigenvalue weighted by Crippen LogP contribution is 2.35. The molecule has 0 aromatic carbocycles. The molecule has 2 aliphatic carbocycles. The van der Waals surface area contributed by atoms with Gasteiger partial charge in [0.25, 0.3) is 0 Å². The lowest BCUT2D eigenvalue weighted by Crippen LogP contribution is -2.41. The highest BCUT2D eigenvalue weighted by atomic mass is 15.0. The predicted molar refractivity (Wildman–Crippen MR) is 484 cm³/mol. The van der Waals surface area contributed by atoms with E-state index >= 15 is 0 Å². The summed E-state index contributed by atoms with van der Waals surface area (Å²) < 4.78 is 0. The maximum absolute atomic E-state index is 6.09. The van der Waals surface area contributed by atoms with Gasteiger partial charge in [-0.1, -0.05) is 179 Å². The predicted octanol–water partition coefficient (Wildman–Crippen LogP) is 14.5.